The van der Waals surface area contributed by atoms with E-state index in [0.29, 0.717) is 22.3 Å². The van der Waals surface area contributed by atoms with Crippen molar-refractivity contribution in [3.05, 3.63) is 56.4 Å². The lowest BCUT2D eigenvalue weighted by molar-refractivity contribution is 0.477. The molecular formula is C14H9IN2O2. The van der Waals surface area contributed by atoms with Crippen LogP contribution >= 0.6 is 22.6 Å². The summed E-state index contributed by atoms with van der Waals surface area (Å²) < 4.78 is 0.979. The van der Waals surface area contributed by atoms with Crippen molar-refractivity contribution in [2.75, 3.05) is 0 Å². The number of halogens is 1. The molecule has 1 heterocycles. The number of hydrogen-bond acceptors (Lipinski definition) is 3. The molecule has 0 atom stereocenters. The van der Waals surface area contributed by atoms with Gasteiger partial charge in [0.25, 0.3) is 5.56 Å². The fraction of sp³-hybridized carbons (Fsp3) is 0. The molecule has 0 aliphatic carbocycles. The molecule has 3 rings (SSSR count). The third kappa shape index (κ3) is 2.21. The van der Waals surface area contributed by atoms with Gasteiger partial charge in [0.15, 0.2) is 0 Å². The Balaban J connectivity index is 2.31. The van der Waals surface area contributed by atoms with Crippen LogP contribution < -0.4 is 5.56 Å². The van der Waals surface area contributed by atoms with Gasteiger partial charge in [0.1, 0.15) is 11.6 Å². The highest BCUT2D eigenvalue weighted by Gasteiger charge is 2.09. The summed E-state index contributed by atoms with van der Waals surface area (Å²) in [6.07, 6.45) is 0. The fourth-order valence-electron chi connectivity index (χ4n) is 1.91. The predicted octanol–water partition coefficient (Wildman–Crippen LogP) is 2.90. The zero-order chi connectivity index (χ0) is 13.4. The molecule has 0 aliphatic heterocycles. The predicted molar refractivity (Wildman–Crippen MR) is 82.2 cm³/mol. The maximum absolute atomic E-state index is 12.1. The van der Waals surface area contributed by atoms with Crippen LogP contribution in [0.1, 0.15) is 0 Å². The number of aromatic amines is 1. The number of aromatic hydroxyl groups is 1. The normalized spacial score (nSPS) is 10.8. The molecular weight excluding hydrogens is 353 g/mol. The van der Waals surface area contributed by atoms with Gasteiger partial charge in [-0.25, -0.2) is 4.98 Å². The SMILES string of the molecule is O=c1[nH]c(-c2ccccc2O)nc2ccc([125I])cc12. The highest BCUT2D eigenvalue weighted by atomic mass is 125. The smallest absolute Gasteiger partial charge is 0.259 e. The summed E-state index contributed by atoms with van der Waals surface area (Å²) in [5.41, 5.74) is 0.921. The number of phenolic OH excluding ortho intramolecular Hbond substituents is 1. The van der Waals surface area contributed by atoms with Crippen LogP contribution in [0.2, 0.25) is 0 Å². The van der Waals surface area contributed by atoms with E-state index in [1.807, 2.05) is 6.07 Å². The molecule has 2 aromatic carbocycles. The Morgan fingerprint density at radius 2 is 1.95 bits per heavy atom. The highest BCUT2D eigenvalue weighted by molar-refractivity contribution is 14.1. The highest BCUT2D eigenvalue weighted by Crippen LogP contribution is 2.25. The van der Waals surface area contributed by atoms with Crippen LogP contribution in [0.4, 0.5) is 0 Å². The van der Waals surface area contributed by atoms with Crippen molar-refractivity contribution in [2.24, 2.45) is 0 Å². The first-order valence-electron chi connectivity index (χ1n) is 5.63. The first-order valence-corrected chi connectivity index (χ1v) is 6.71. The average molecular weight is 362 g/mol. The van der Waals surface area contributed by atoms with Crippen LogP contribution in [0, 0.1) is 3.57 Å². The van der Waals surface area contributed by atoms with E-state index in [2.05, 4.69) is 32.6 Å². The average Bonchev–Trinajstić information content (AvgIpc) is 2.40. The molecule has 5 heteroatoms. The minimum Gasteiger partial charge on any atom is -0.507 e. The van der Waals surface area contributed by atoms with E-state index in [1.54, 1.807) is 36.4 Å². The summed E-state index contributed by atoms with van der Waals surface area (Å²) in [6, 6.07) is 12.3. The van der Waals surface area contributed by atoms with Gasteiger partial charge in [0.05, 0.1) is 16.5 Å². The third-order valence-electron chi connectivity index (χ3n) is 2.83. The summed E-state index contributed by atoms with van der Waals surface area (Å²) >= 11 is 2.15. The Morgan fingerprint density at radius 3 is 2.74 bits per heavy atom. The molecule has 19 heavy (non-hydrogen) atoms. The summed E-state index contributed by atoms with van der Waals surface area (Å²) in [5.74, 6) is 0.465. The first kappa shape index (κ1) is 12.2. The molecule has 0 amide bonds. The van der Waals surface area contributed by atoms with E-state index in [0.717, 1.165) is 3.57 Å². The number of benzene rings is 2. The molecule has 2 N–H and O–H groups in total. The van der Waals surface area contributed by atoms with Crippen molar-refractivity contribution in [1.82, 2.24) is 9.97 Å². The van der Waals surface area contributed by atoms with Gasteiger partial charge < -0.3 is 10.1 Å². The first-order chi connectivity index (χ1) is 9.15. The summed E-state index contributed by atoms with van der Waals surface area (Å²) in [6.45, 7) is 0. The molecule has 94 valence electrons. The summed E-state index contributed by atoms with van der Waals surface area (Å²) in [5, 5.41) is 10.4. The second kappa shape index (κ2) is 4.65. The number of H-pyrrole nitrogens is 1. The lowest BCUT2D eigenvalue weighted by Gasteiger charge is -2.05. The van der Waals surface area contributed by atoms with Gasteiger partial charge >= 0.3 is 0 Å². The van der Waals surface area contributed by atoms with E-state index in [9.17, 15) is 9.90 Å². The zero-order valence-electron chi connectivity index (χ0n) is 9.72. The minimum absolute atomic E-state index is 0.0931. The lowest BCUT2D eigenvalue weighted by Crippen LogP contribution is -2.09. The number of fused-ring (bicyclic) bond motifs is 1. The Labute approximate surface area is 122 Å². The topological polar surface area (TPSA) is 66.0 Å². The molecule has 0 saturated heterocycles. The number of hydrogen-bond donors (Lipinski definition) is 2. The molecule has 0 spiro atoms. The van der Waals surface area contributed by atoms with E-state index in [4.69, 9.17) is 0 Å². The Kier molecular flexibility index (Phi) is 2.98. The van der Waals surface area contributed by atoms with E-state index in [1.165, 1.54) is 0 Å². The van der Waals surface area contributed by atoms with Crippen molar-refractivity contribution < 1.29 is 5.11 Å². The van der Waals surface area contributed by atoms with Gasteiger partial charge in [-0.2, -0.15) is 0 Å². The van der Waals surface area contributed by atoms with Gasteiger partial charge in [-0.05, 0) is 52.9 Å². The molecule has 4 nitrogen and oxygen atoms in total. The number of nitrogens with one attached hydrogen (secondary N) is 1. The standard InChI is InChI=1S/C14H9IN2O2/c15-8-5-6-11-10(7-8)14(19)17-13(16-11)9-3-1-2-4-12(9)18/h1-7,18H,(H,16,17,19)/i15-2. The van der Waals surface area contributed by atoms with E-state index in [-0.39, 0.29) is 11.3 Å². The molecule has 0 saturated carbocycles. The monoisotopic (exact) mass is 362 g/mol. The third-order valence-corrected chi connectivity index (χ3v) is 3.50. The fourth-order valence-corrected chi connectivity index (χ4v) is 2.40. The largest absolute Gasteiger partial charge is 0.507 e. The summed E-state index contributed by atoms with van der Waals surface area (Å²) in [7, 11) is 0. The van der Waals surface area contributed by atoms with Crippen molar-refractivity contribution in [2.45, 2.75) is 0 Å². The van der Waals surface area contributed by atoms with Crippen LogP contribution in [0.3, 0.4) is 0 Å². The lowest BCUT2D eigenvalue weighted by atomic mass is 10.1. The van der Waals surface area contributed by atoms with Crippen molar-refractivity contribution in [3.63, 3.8) is 0 Å². The van der Waals surface area contributed by atoms with E-state index < -0.39 is 0 Å². The van der Waals surface area contributed by atoms with Crippen LogP contribution in [0.25, 0.3) is 22.3 Å². The Morgan fingerprint density at radius 1 is 1.16 bits per heavy atom. The zero-order valence-corrected chi connectivity index (χ0v) is 11.9. The van der Waals surface area contributed by atoms with Gasteiger partial charge in [-0.15, -0.1) is 0 Å². The molecule has 3 aromatic rings. The summed E-state index contributed by atoms with van der Waals surface area (Å²) in [4.78, 5) is 19.1. The van der Waals surface area contributed by atoms with Gasteiger partial charge in [-0.3, -0.25) is 4.79 Å². The number of aromatic nitrogens is 2. The van der Waals surface area contributed by atoms with Crippen LogP contribution in [0.15, 0.2) is 47.3 Å². The van der Waals surface area contributed by atoms with Crippen molar-refractivity contribution >= 4 is 33.5 Å². The molecule has 0 bridgehead atoms. The van der Waals surface area contributed by atoms with Gasteiger partial charge in [0, 0.05) is 3.57 Å². The molecule has 0 unspecified atom stereocenters. The number of phenols is 1. The van der Waals surface area contributed by atoms with Crippen molar-refractivity contribution in [3.8, 4) is 17.1 Å². The Bertz CT molecular complexity index is 827. The second-order valence-electron chi connectivity index (χ2n) is 4.09. The van der Waals surface area contributed by atoms with Gasteiger partial charge in [-0.1, -0.05) is 12.1 Å². The maximum atomic E-state index is 12.1. The van der Waals surface area contributed by atoms with Crippen LogP contribution in [0.5, 0.6) is 5.75 Å². The second-order valence-corrected chi connectivity index (χ2v) is 5.34. The minimum atomic E-state index is -0.207. The Hall–Kier alpha value is -1.89. The molecule has 1 aromatic heterocycles. The van der Waals surface area contributed by atoms with Crippen LogP contribution in [-0.2, 0) is 0 Å². The van der Waals surface area contributed by atoms with Crippen molar-refractivity contribution in [1.29, 1.82) is 0 Å². The van der Waals surface area contributed by atoms with E-state index >= 15 is 0 Å². The number of rotatable bonds is 1. The molecule has 0 aliphatic rings. The quantitative estimate of drug-likeness (QED) is 0.655. The van der Waals surface area contributed by atoms with Crippen LogP contribution in [-0.4, -0.2) is 15.1 Å². The number of nitrogens with zero attached hydrogens (tertiary/aromatic N) is 1. The van der Waals surface area contributed by atoms with Gasteiger partial charge in [0.2, 0.25) is 0 Å². The molecule has 0 fully saturated rings. The number of para-hydroxylation sites is 1. The molecule has 0 radical (unpaired) electrons. The maximum Gasteiger partial charge on any atom is 0.259 e.